The quantitative estimate of drug-likeness (QED) is 0.124. The molecule has 1 atom stereocenters. The first-order valence-electron chi connectivity index (χ1n) is 12.7. The number of amides is 3. The van der Waals surface area contributed by atoms with Gasteiger partial charge in [0.2, 0.25) is 12.3 Å². The number of nitrogens with one attached hydrogen (secondary N) is 2. The minimum Gasteiger partial charge on any atom is -0.496 e. The molecule has 9 nitrogen and oxygen atoms in total. The summed E-state index contributed by atoms with van der Waals surface area (Å²) in [4.78, 5) is 42.8. The van der Waals surface area contributed by atoms with Gasteiger partial charge in [-0.15, -0.1) is 0 Å². The second-order valence-electron chi connectivity index (χ2n) is 8.74. The fourth-order valence-electron chi connectivity index (χ4n) is 3.92. The van der Waals surface area contributed by atoms with E-state index in [1.54, 1.807) is 19.2 Å². The first-order valence-corrected chi connectivity index (χ1v) is 12.7. The maximum absolute atomic E-state index is 12.9. The van der Waals surface area contributed by atoms with Crippen LogP contribution in [0.4, 0.5) is 0 Å². The molecule has 1 aromatic heterocycles. The summed E-state index contributed by atoms with van der Waals surface area (Å²) >= 11 is 0. The van der Waals surface area contributed by atoms with Gasteiger partial charge in [0.05, 0.1) is 31.8 Å². The SMILES string of the molecule is CCCCCC(CN(C=O)OCc1ccccc1)C(=O)NCNC(=O)c1ccc(-c2ccccc2OC)o1. The molecule has 0 saturated carbocycles. The van der Waals surface area contributed by atoms with Crippen molar-refractivity contribution >= 4 is 18.2 Å². The Bertz CT molecular complexity index is 1160. The summed E-state index contributed by atoms with van der Waals surface area (Å²) in [6, 6.07) is 20.1. The van der Waals surface area contributed by atoms with Crippen molar-refractivity contribution in [3.8, 4) is 17.1 Å². The molecule has 3 amide bonds. The molecule has 3 rings (SSSR count). The van der Waals surface area contributed by atoms with Gasteiger partial charge in [-0.2, -0.15) is 0 Å². The van der Waals surface area contributed by atoms with Crippen LogP contribution in [0.5, 0.6) is 5.75 Å². The molecule has 0 aliphatic rings. The smallest absolute Gasteiger partial charge is 0.288 e. The Morgan fingerprint density at radius 2 is 1.76 bits per heavy atom. The van der Waals surface area contributed by atoms with Gasteiger partial charge in [0.1, 0.15) is 18.1 Å². The Labute approximate surface area is 223 Å². The standard InChI is InChI=1S/C29H35N3O6/c1-3-4-6-13-23(18-32(21-33)37-19-22-11-7-5-8-12-22)28(34)30-20-31-29(35)27-17-16-26(38-27)24-14-9-10-15-25(24)36-2/h5,7-12,14-17,21,23H,3-4,6,13,18-20H2,1-2H3,(H,30,34)(H,31,35). The minimum absolute atomic E-state index is 0.0847. The van der Waals surface area contributed by atoms with E-state index in [9.17, 15) is 14.4 Å². The summed E-state index contributed by atoms with van der Waals surface area (Å²) in [5, 5.41) is 6.55. The second-order valence-corrected chi connectivity index (χ2v) is 8.74. The molecular weight excluding hydrogens is 486 g/mol. The highest BCUT2D eigenvalue weighted by molar-refractivity contribution is 5.92. The van der Waals surface area contributed by atoms with Gasteiger partial charge in [-0.25, -0.2) is 5.06 Å². The van der Waals surface area contributed by atoms with Crippen LogP contribution in [0.2, 0.25) is 0 Å². The number of benzene rings is 2. The summed E-state index contributed by atoms with van der Waals surface area (Å²) < 4.78 is 11.1. The van der Waals surface area contributed by atoms with Crippen LogP contribution >= 0.6 is 0 Å². The molecule has 9 heteroatoms. The van der Waals surface area contributed by atoms with Crippen LogP contribution < -0.4 is 15.4 Å². The number of rotatable bonds is 16. The monoisotopic (exact) mass is 521 g/mol. The van der Waals surface area contributed by atoms with Crippen LogP contribution in [0.15, 0.2) is 71.1 Å². The van der Waals surface area contributed by atoms with E-state index in [1.165, 1.54) is 0 Å². The van der Waals surface area contributed by atoms with Gasteiger partial charge < -0.3 is 19.8 Å². The van der Waals surface area contributed by atoms with E-state index < -0.39 is 11.8 Å². The zero-order valence-electron chi connectivity index (χ0n) is 21.9. The molecule has 1 heterocycles. The van der Waals surface area contributed by atoms with Crippen molar-refractivity contribution < 1.29 is 28.4 Å². The Hall–Kier alpha value is -4.11. The number of hydroxylamine groups is 2. The molecule has 0 aliphatic carbocycles. The zero-order valence-corrected chi connectivity index (χ0v) is 21.9. The van der Waals surface area contributed by atoms with Crippen molar-refractivity contribution in [2.24, 2.45) is 5.92 Å². The number of hydrogen-bond acceptors (Lipinski definition) is 6. The van der Waals surface area contributed by atoms with E-state index in [4.69, 9.17) is 14.0 Å². The minimum atomic E-state index is -0.486. The predicted molar refractivity (Wildman–Crippen MR) is 143 cm³/mol. The third-order valence-corrected chi connectivity index (χ3v) is 6.00. The Morgan fingerprint density at radius 1 is 1.00 bits per heavy atom. The van der Waals surface area contributed by atoms with Crippen LogP contribution in [0.1, 0.15) is 48.7 Å². The molecular formula is C29H35N3O6. The Kier molecular flexibility index (Phi) is 11.4. The Balaban J connectivity index is 1.53. The van der Waals surface area contributed by atoms with E-state index in [0.29, 0.717) is 24.3 Å². The van der Waals surface area contributed by atoms with E-state index >= 15 is 0 Å². The number of hydrogen-bond donors (Lipinski definition) is 2. The highest BCUT2D eigenvalue weighted by atomic mass is 16.7. The van der Waals surface area contributed by atoms with Gasteiger partial charge in [-0.3, -0.25) is 19.2 Å². The maximum Gasteiger partial charge on any atom is 0.288 e. The molecule has 38 heavy (non-hydrogen) atoms. The third-order valence-electron chi connectivity index (χ3n) is 6.00. The Morgan fingerprint density at radius 3 is 2.50 bits per heavy atom. The molecule has 0 bridgehead atoms. The number of para-hydroxylation sites is 1. The van der Waals surface area contributed by atoms with E-state index in [2.05, 4.69) is 17.6 Å². The highest BCUT2D eigenvalue weighted by Crippen LogP contribution is 2.30. The molecule has 1 unspecified atom stereocenters. The zero-order chi connectivity index (χ0) is 27.2. The molecule has 0 aliphatic heterocycles. The van der Waals surface area contributed by atoms with Crippen LogP contribution in [0, 0.1) is 5.92 Å². The van der Waals surface area contributed by atoms with Crippen molar-refractivity contribution in [2.75, 3.05) is 20.3 Å². The van der Waals surface area contributed by atoms with Gasteiger partial charge in [-0.1, -0.05) is 68.7 Å². The molecule has 202 valence electrons. The lowest BCUT2D eigenvalue weighted by molar-refractivity contribution is -0.182. The van der Waals surface area contributed by atoms with Crippen LogP contribution in [-0.4, -0.2) is 43.6 Å². The van der Waals surface area contributed by atoms with Crippen LogP contribution in [-0.2, 0) is 21.0 Å². The summed E-state index contributed by atoms with van der Waals surface area (Å²) in [7, 11) is 1.57. The van der Waals surface area contributed by atoms with Crippen molar-refractivity contribution in [1.29, 1.82) is 0 Å². The van der Waals surface area contributed by atoms with Crippen molar-refractivity contribution in [1.82, 2.24) is 15.7 Å². The number of carbonyl (C=O) groups excluding carboxylic acids is 3. The topological polar surface area (TPSA) is 110 Å². The summed E-state index contributed by atoms with van der Waals surface area (Å²) in [6.45, 7) is 2.33. The molecule has 3 aromatic rings. The number of furan rings is 1. The highest BCUT2D eigenvalue weighted by Gasteiger charge is 2.22. The second kappa shape index (κ2) is 15.2. The van der Waals surface area contributed by atoms with E-state index in [0.717, 1.165) is 35.5 Å². The summed E-state index contributed by atoms with van der Waals surface area (Å²) in [5.74, 6) is 0.0195. The average molecular weight is 522 g/mol. The normalized spacial score (nSPS) is 11.4. The molecule has 0 saturated heterocycles. The fraction of sp³-hybridized carbons (Fsp3) is 0.345. The first kappa shape index (κ1) is 28.5. The number of nitrogens with zero attached hydrogens (tertiary/aromatic N) is 1. The van der Waals surface area contributed by atoms with Crippen molar-refractivity contribution in [2.45, 2.75) is 39.2 Å². The summed E-state index contributed by atoms with van der Waals surface area (Å²) in [5.41, 5.74) is 1.65. The van der Waals surface area contributed by atoms with Gasteiger partial charge in [0.15, 0.2) is 5.76 Å². The van der Waals surface area contributed by atoms with Crippen LogP contribution in [0.25, 0.3) is 11.3 Å². The predicted octanol–water partition coefficient (Wildman–Crippen LogP) is 4.55. The fourth-order valence-corrected chi connectivity index (χ4v) is 3.92. The van der Waals surface area contributed by atoms with Crippen molar-refractivity contribution in [3.05, 3.63) is 78.1 Å². The molecule has 2 aromatic carbocycles. The van der Waals surface area contributed by atoms with Gasteiger partial charge >= 0.3 is 0 Å². The van der Waals surface area contributed by atoms with Gasteiger partial charge in [-0.05, 0) is 36.2 Å². The lowest BCUT2D eigenvalue weighted by atomic mass is 10.0. The number of methoxy groups -OCH3 is 1. The lowest BCUT2D eigenvalue weighted by Gasteiger charge is -2.23. The number of ether oxygens (including phenoxy) is 1. The lowest BCUT2D eigenvalue weighted by Crippen LogP contribution is -2.43. The van der Waals surface area contributed by atoms with E-state index in [1.807, 2.05) is 54.6 Å². The van der Waals surface area contributed by atoms with Gasteiger partial charge in [0, 0.05) is 0 Å². The molecule has 0 fully saturated rings. The molecule has 0 spiro atoms. The van der Waals surface area contributed by atoms with Gasteiger partial charge in [0.25, 0.3) is 5.91 Å². The number of carbonyl (C=O) groups is 3. The average Bonchev–Trinajstić information content (AvgIpc) is 3.45. The van der Waals surface area contributed by atoms with E-state index in [-0.39, 0.29) is 31.5 Å². The largest absolute Gasteiger partial charge is 0.496 e. The first-order chi connectivity index (χ1) is 18.5. The maximum atomic E-state index is 12.9. The van der Waals surface area contributed by atoms with Crippen LogP contribution in [0.3, 0.4) is 0 Å². The van der Waals surface area contributed by atoms with Crippen molar-refractivity contribution in [3.63, 3.8) is 0 Å². The third kappa shape index (κ3) is 8.48. The molecule has 0 radical (unpaired) electrons. The number of unbranched alkanes of at least 4 members (excludes halogenated alkanes) is 2. The molecule has 2 N–H and O–H groups in total. The summed E-state index contributed by atoms with van der Waals surface area (Å²) in [6.07, 6.45) is 3.99.